The molecular formula is C19H21NO2. The van der Waals surface area contributed by atoms with E-state index in [4.69, 9.17) is 4.74 Å². The predicted molar refractivity (Wildman–Crippen MR) is 86.9 cm³/mol. The maximum atomic E-state index is 11.4. The number of rotatable bonds is 6. The second kappa shape index (κ2) is 6.75. The van der Waals surface area contributed by atoms with Gasteiger partial charge in [0.05, 0.1) is 12.7 Å². The van der Waals surface area contributed by atoms with Crippen molar-refractivity contribution in [2.24, 2.45) is 0 Å². The molecule has 0 aliphatic carbocycles. The summed E-state index contributed by atoms with van der Waals surface area (Å²) in [5, 5.41) is 0. The van der Waals surface area contributed by atoms with Gasteiger partial charge in [-0.25, -0.2) is 4.79 Å². The molecule has 1 aliphatic rings. The number of esters is 1. The van der Waals surface area contributed by atoms with E-state index >= 15 is 0 Å². The molecule has 0 aromatic heterocycles. The number of hydrogen-bond acceptors (Lipinski definition) is 3. The first-order valence-corrected chi connectivity index (χ1v) is 7.74. The number of aryl methyl sites for hydroxylation is 1. The van der Waals surface area contributed by atoms with Crippen molar-refractivity contribution in [3.8, 4) is 0 Å². The molecule has 114 valence electrons. The van der Waals surface area contributed by atoms with Crippen molar-refractivity contribution >= 4 is 5.97 Å². The third-order valence-electron chi connectivity index (χ3n) is 4.18. The van der Waals surface area contributed by atoms with E-state index in [1.807, 2.05) is 24.3 Å². The average molecular weight is 295 g/mol. The molecule has 0 bridgehead atoms. The lowest BCUT2D eigenvalue weighted by Crippen LogP contribution is -2.03. The molecule has 3 heteroatoms. The zero-order valence-corrected chi connectivity index (χ0v) is 12.9. The smallest absolute Gasteiger partial charge is 0.337 e. The lowest BCUT2D eigenvalue weighted by Gasteiger charge is -2.05. The summed E-state index contributed by atoms with van der Waals surface area (Å²) in [7, 11) is 1.41. The fraction of sp³-hybridized carbons (Fsp3) is 0.316. The number of hydrogen-bond donors (Lipinski definition) is 0. The third-order valence-corrected chi connectivity index (χ3v) is 4.18. The van der Waals surface area contributed by atoms with Gasteiger partial charge in [-0.05, 0) is 42.6 Å². The molecule has 0 amide bonds. The molecule has 1 fully saturated rings. The number of ether oxygens (including phenoxy) is 1. The molecule has 3 rings (SSSR count). The minimum atomic E-state index is -0.277. The number of methoxy groups -OCH3 is 1. The van der Waals surface area contributed by atoms with E-state index in [0.29, 0.717) is 11.6 Å². The van der Waals surface area contributed by atoms with Crippen molar-refractivity contribution in [2.75, 3.05) is 20.2 Å². The van der Waals surface area contributed by atoms with Crippen molar-refractivity contribution in [3.05, 3.63) is 71.3 Å². The topological polar surface area (TPSA) is 29.3 Å². The number of nitrogens with zero attached hydrogens (tertiary/aromatic N) is 1. The Morgan fingerprint density at radius 1 is 1.14 bits per heavy atom. The SMILES string of the molecule is COC(=O)c1ccc(CCCN2C[C@@H]2c2ccccc2)cc1. The van der Waals surface area contributed by atoms with Crippen LogP contribution in [0, 0.1) is 0 Å². The minimum absolute atomic E-state index is 0.277. The van der Waals surface area contributed by atoms with E-state index in [1.165, 1.54) is 24.8 Å². The van der Waals surface area contributed by atoms with Crippen LogP contribution in [0.4, 0.5) is 0 Å². The van der Waals surface area contributed by atoms with Gasteiger partial charge in [-0.3, -0.25) is 4.90 Å². The fourth-order valence-corrected chi connectivity index (χ4v) is 2.83. The molecule has 2 aromatic rings. The predicted octanol–water partition coefficient (Wildman–Crippen LogP) is 3.46. The molecule has 3 nitrogen and oxygen atoms in total. The van der Waals surface area contributed by atoms with E-state index in [2.05, 4.69) is 35.2 Å². The van der Waals surface area contributed by atoms with Gasteiger partial charge >= 0.3 is 5.97 Å². The normalized spacial score (nSPS) is 19.7. The van der Waals surface area contributed by atoms with Crippen LogP contribution in [-0.4, -0.2) is 31.1 Å². The first kappa shape index (κ1) is 14.8. The lowest BCUT2D eigenvalue weighted by atomic mass is 10.1. The summed E-state index contributed by atoms with van der Waals surface area (Å²) in [5.74, 6) is -0.277. The Labute approximate surface area is 131 Å². The first-order valence-electron chi connectivity index (χ1n) is 7.74. The number of carbonyl (C=O) groups excluding carboxylic acids is 1. The van der Waals surface area contributed by atoms with Crippen LogP contribution in [0.15, 0.2) is 54.6 Å². The summed E-state index contributed by atoms with van der Waals surface area (Å²) in [6, 6.07) is 19.0. The molecule has 0 radical (unpaired) electrons. The molecule has 0 N–H and O–H groups in total. The Morgan fingerprint density at radius 2 is 1.86 bits per heavy atom. The van der Waals surface area contributed by atoms with Gasteiger partial charge in [0, 0.05) is 12.6 Å². The molecule has 1 heterocycles. The van der Waals surface area contributed by atoms with Crippen LogP contribution in [-0.2, 0) is 11.2 Å². The van der Waals surface area contributed by atoms with Crippen LogP contribution in [0.25, 0.3) is 0 Å². The van der Waals surface area contributed by atoms with Gasteiger partial charge in [0.25, 0.3) is 0 Å². The number of carbonyl (C=O) groups is 1. The van der Waals surface area contributed by atoms with Gasteiger partial charge in [0.1, 0.15) is 0 Å². The molecule has 1 aliphatic heterocycles. The van der Waals surface area contributed by atoms with Gasteiger partial charge in [-0.15, -0.1) is 0 Å². The zero-order chi connectivity index (χ0) is 15.4. The Hall–Kier alpha value is -2.13. The van der Waals surface area contributed by atoms with Crippen molar-refractivity contribution in [3.63, 3.8) is 0 Å². The summed E-state index contributed by atoms with van der Waals surface area (Å²) >= 11 is 0. The molecule has 1 saturated heterocycles. The highest BCUT2D eigenvalue weighted by molar-refractivity contribution is 5.89. The third kappa shape index (κ3) is 3.55. The maximum Gasteiger partial charge on any atom is 0.337 e. The maximum absolute atomic E-state index is 11.4. The van der Waals surface area contributed by atoms with Gasteiger partial charge < -0.3 is 4.74 Å². The summed E-state index contributed by atoms with van der Waals surface area (Å²) in [6.07, 6.45) is 2.18. The average Bonchev–Trinajstić information content (AvgIpc) is 3.35. The first-order chi connectivity index (χ1) is 10.8. The summed E-state index contributed by atoms with van der Waals surface area (Å²) in [6.45, 7) is 2.30. The molecule has 0 saturated carbocycles. The van der Waals surface area contributed by atoms with Crippen LogP contribution in [0.1, 0.15) is 33.9 Å². The van der Waals surface area contributed by atoms with Crippen LogP contribution in [0.2, 0.25) is 0 Å². The Balaban J connectivity index is 1.44. The summed E-state index contributed by atoms with van der Waals surface area (Å²) in [5.41, 5.74) is 3.30. The van der Waals surface area contributed by atoms with Crippen LogP contribution < -0.4 is 0 Å². The quantitative estimate of drug-likeness (QED) is 0.604. The minimum Gasteiger partial charge on any atom is -0.465 e. The van der Waals surface area contributed by atoms with Gasteiger partial charge in [-0.2, -0.15) is 0 Å². The van der Waals surface area contributed by atoms with Crippen LogP contribution >= 0.6 is 0 Å². The Morgan fingerprint density at radius 3 is 2.55 bits per heavy atom. The van der Waals surface area contributed by atoms with E-state index in [-0.39, 0.29) is 5.97 Å². The van der Waals surface area contributed by atoms with Gasteiger partial charge in [-0.1, -0.05) is 42.5 Å². The van der Waals surface area contributed by atoms with Crippen molar-refractivity contribution < 1.29 is 9.53 Å². The Bertz CT molecular complexity index is 622. The summed E-state index contributed by atoms with van der Waals surface area (Å²) in [4.78, 5) is 13.9. The highest BCUT2D eigenvalue weighted by Gasteiger charge is 2.34. The second-order valence-electron chi connectivity index (χ2n) is 5.71. The molecule has 22 heavy (non-hydrogen) atoms. The van der Waals surface area contributed by atoms with E-state index in [0.717, 1.165) is 19.4 Å². The highest BCUT2D eigenvalue weighted by Crippen LogP contribution is 2.34. The standard InChI is InChI=1S/C19H21NO2/c1-22-19(21)17-11-9-15(10-12-17)6-5-13-20-14-18(20)16-7-3-2-4-8-16/h2-4,7-12,18H,5-6,13-14H2,1H3/t18-,20?/m1/s1. The second-order valence-corrected chi connectivity index (χ2v) is 5.71. The van der Waals surface area contributed by atoms with E-state index < -0.39 is 0 Å². The van der Waals surface area contributed by atoms with Gasteiger partial charge in [0.15, 0.2) is 0 Å². The van der Waals surface area contributed by atoms with Crippen molar-refractivity contribution in [2.45, 2.75) is 18.9 Å². The Kier molecular flexibility index (Phi) is 4.54. The molecule has 0 spiro atoms. The van der Waals surface area contributed by atoms with E-state index in [9.17, 15) is 4.79 Å². The molecule has 2 atom stereocenters. The van der Waals surface area contributed by atoms with Crippen LogP contribution in [0.3, 0.4) is 0 Å². The summed E-state index contributed by atoms with van der Waals surface area (Å²) < 4.78 is 4.71. The van der Waals surface area contributed by atoms with Crippen molar-refractivity contribution in [1.29, 1.82) is 0 Å². The lowest BCUT2D eigenvalue weighted by molar-refractivity contribution is 0.0600. The molecular weight excluding hydrogens is 274 g/mol. The fourth-order valence-electron chi connectivity index (χ4n) is 2.83. The monoisotopic (exact) mass is 295 g/mol. The van der Waals surface area contributed by atoms with E-state index in [1.54, 1.807) is 0 Å². The van der Waals surface area contributed by atoms with Gasteiger partial charge in [0.2, 0.25) is 0 Å². The largest absolute Gasteiger partial charge is 0.465 e. The number of benzene rings is 2. The van der Waals surface area contributed by atoms with Crippen molar-refractivity contribution in [1.82, 2.24) is 4.90 Å². The molecule has 1 unspecified atom stereocenters. The van der Waals surface area contributed by atoms with Crippen LogP contribution in [0.5, 0.6) is 0 Å². The molecule has 2 aromatic carbocycles. The zero-order valence-electron chi connectivity index (χ0n) is 12.9. The highest BCUT2D eigenvalue weighted by atomic mass is 16.5.